The first-order chi connectivity index (χ1) is 43.8. The van der Waals surface area contributed by atoms with Gasteiger partial charge in [-0.25, -0.2) is 14.4 Å². The summed E-state index contributed by atoms with van der Waals surface area (Å²) in [6.45, 7) is 9.26. The van der Waals surface area contributed by atoms with Gasteiger partial charge >= 0.3 is 53.4 Å². The molecular weight excluding hydrogens is 1190 g/mol. The molecule has 1 N–H and O–H groups in total. The molecule has 0 amide bonds. The van der Waals surface area contributed by atoms with E-state index in [0.717, 1.165) is 52.5 Å². The Hall–Kier alpha value is -10.5. The molecule has 0 aliphatic rings. The zero-order chi connectivity index (χ0) is 65.1. The van der Waals surface area contributed by atoms with Crippen LogP contribution in [-0.4, -0.2) is 74.7 Å². The fourth-order valence-electron chi connectivity index (χ4n) is 7.59. The van der Waals surface area contributed by atoms with Crippen LogP contribution < -0.4 is 34.7 Å². The quantitative estimate of drug-likeness (QED) is 0.00963. The van der Waals surface area contributed by atoms with Crippen molar-refractivity contribution in [1.82, 2.24) is 4.98 Å². The van der Waals surface area contributed by atoms with E-state index in [2.05, 4.69) is 51.9 Å². The van der Waals surface area contributed by atoms with Crippen LogP contribution in [0.5, 0.6) is 0 Å². The molecule has 0 aliphatic carbocycles. The summed E-state index contributed by atoms with van der Waals surface area (Å²) in [7, 11) is 0. The number of aromatic amines is 1. The van der Waals surface area contributed by atoms with Gasteiger partial charge in [0.1, 0.15) is 58.2 Å². The molecule has 0 spiro atoms. The second kappa shape index (κ2) is 45.7. The van der Waals surface area contributed by atoms with Gasteiger partial charge in [-0.15, -0.1) is 6.61 Å². The second-order valence-electron chi connectivity index (χ2n) is 17.9. The maximum Gasteiger partial charge on any atom is 1.00 e. The number of rotatable bonds is 22. The van der Waals surface area contributed by atoms with Crippen molar-refractivity contribution in [1.29, 1.82) is 0 Å². The van der Waals surface area contributed by atoms with E-state index in [9.17, 15) is 24.0 Å². The van der Waals surface area contributed by atoms with Gasteiger partial charge in [0.15, 0.2) is 17.6 Å². The van der Waals surface area contributed by atoms with Gasteiger partial charge in [0.25, 0.3) is 0 Å². The smallest absolute Gasteiger partial charge is 0.855 e. The number of fused-ring (bicyclic) bond motifs is 1. The molecule has 9 rings (SSSR count). The van der Waals surface area contributed by atoms with Gasteiger partial charge in [-0.2, -0.15) is 0 Å². The molecule has 0 unspecified atom stereocenters. The van der Waals surface area contributed by atoms with E-state index in [1.165, 1.54) is 23.3 Å². The number of esters is 4. The van der Waals surface area contributed by atoms with Gasteiger partial charge in [0, 0.05) is 52.6 Å². The van der Waals surface area contributed by atoms with Crippen molar-refractivity contribution in [2.75, 3.05) is 39.6 Å². The minimum Gasteiger partial charge on any atom is -0.855 e. The number of benzene rings is 4. The number of carbonyl (C=O) groups excluding carboxylic acids is 5. The minimum atomic E-state index is -0.679. The van der Waals surface area contributed by atoms with Crippen molar-refractivity contribution in [3.63, 3.8) is 0 Å². The van der Waals surface area contributed by atoms with E-state index in [1.54, 1.807) is 58.9 Å². The molecule has 0 aliphatic heterocycles. The summed E-state index contributed by atoms with van der Waals surface area (Å²) in [5.74, 6) is 2.23. The van der Waals surface area contributed by atoms with Gasteiger partial charge in [0.2, 0.25) is 0 Å². The molecule has 5 heterocycles. The Kier molecular flexibility index (Phi) is 38.5. The van der Waals surface area contributed by atoms with E-state index in [4.69, 9.17) is 53.6 Å². The van der Waals surface area contributed by atoms with Crippen molar-refractivity contribution in [2.45, 2.75) is 67.7 Å². The molecule has 0 bridgehead atoms. The third-order valence-corrected chi connectivity index (χ3v) is 11.3. The molecule has 24 nitrogen and oxygen atoms in total. The van der Waals surface area contributed by atoms with Crippen molar-refractivity contribution < 1.29 is 95.3 Å². The van der Waals surface area contributed by atoms with E-state index >= 15 is 0 Å². The SMILES string of the molecule is C.CCOC(=O)/C(=C/c1ccc(Cc2ccccc2)o1)N=[N+]=[N-].CCOC(=O)/C(=C/c1ccc(Cc2ccccc2)o1)N=[N+]=[N-].CCOC(=O)CN=[N+]=[N-].CCOC(=O)c1cc2oc(Cc3ccccc3)cc2[nH]1.CC[O-].O=Cc1ccc(Cc2ccccc2)o1.[Na+]. The number of carbonyl (C=O) groups is 5. The third kappa shape index (κ3) is 29.6. The summed E-state index contributed by atoms with van der Waals surface area (Å²) >= 11 is 0. The van der Waals surface area contributed by atoms with Crippen LogP contribution in [0.15, 0.2) is 214 Å². The minimum absolute atomic E-state index is 0. The zero-order valence-electron chi connectivity index (χ0n) is 51.2. The number of furan rings is 4. The Morgan fingerprint density at radius 2 is 0.870 bits per heavy atom. The van der Waals surface area contributed by atoms with Crippen LogP contribution in [0.1, 0.15) is 120 Å². The Balaban J connectivity index is 0.000000395. The molecule has 0 radical (unpaired) electrons. The Morgan fingerprint density at radius 1 is 0.500 bits per heavy atom. The van der Waals surface area contributed by atoms with Crippen LogP contribution in [0.4, 0.5) is 0 Å². The van der Waals surface area contributed by atoms with Crippen LogP contribution in [0.3, 0.4) is 0 Å². The number of nitrogens with one attached hydrogen (secondary N) is 1. The van der Waals surface area contributed by atoms with Gasteiger partial charge < -0.3 is 46.7 Å². The maximum atomic E-state index is 11.6. The van der Waals surface area contributed by atoms with E-state index in [0.29, 0.717) is 60.9 Å². The van der Waals surface area contributed by atoms with E-state index < -0.39 is 17.9 Å². The zero-order valence-corrected chi connectivity index (χ0v) is 53.2. The standard InChI is InChI=1S/2C16H15N3O3.C16H15NO3.C12H10O2.C4H7N3O2.C2H5O.CH4.Na/c2*1-2-21-16(20)15(18-19-17)11-14-9-8-13(22-14)10-12-6-4-3-5-7-12;1-2-19-16(18)14-10-15-13(17-14)9-12(20-15)8-11-6-4-3-5-7-11;13-9-12-7-6-11(14-12)8-10-4-2-1-3-5-10;1-2-9-4(8)3-6-7-5;1-2-3;;/h2*3-9,11H,2,10H2,1H3;3-7,9-10,17H,2,8H2,1H3;1-7,9H,8H2;2-3H2,1H3;2H2,1H3;1H4;/q;;;;;-1;;+1/b2*15-11-;;;;;;. The van der Waals surface area contributed by atoms with Gasteiger partial charge in [0.05, 0.1) is 31.9 Å². The van der Waals surface area contributed by atoms with Crippen LogP contribution >= 0.6 is 0 Å². The number of hydrogen-bond donors (Lipinski definition) is 1. The molecule has 92 heavy (non-hydrogen) atoms. The van der Waals surface area contributed by atoms with Crippen molar-refractivity contribution in [3.8, 4) is 0 Å². The average Bonchev–Trinajstić information content (AvgIpc) is 1.69. The molecule has 9 aromatic rings. The fraction of sp³-hybridized carbons (Fsp3) is 0.239. The van der Waals surface area contributed by atoms with Gasteiger partial charge in [-0.1, -0.05) is 151 Å². The van der Waals surface area contributed by atoms with E-state index in [1.807, 2.05) is 133 Å². The summed E-state index contributed by atoms with van der Waals surface area (Å²) in [6, 6.07) is 54.0. The third-order valence-electron chi connectivity index (χ3n) is 11.3. The Bertz CT molecular complexity index is 3680. The molecule has 0 atom stereocenters. The molecule has 5 aromatic heterocycles. The summed E-state index contributed by atoms with van der Waals surface area (Å²) in [5, 5.41) is 18.6. The Labute approximate surface area is 554 Å². The number of H-pyrrole nitrogens is 1. The largest absolute Gasteiger partial charge is 1.00 e. The number of aldehydes is 1. The average molecular weight is 1260 g/mol. The monoisotopic (exact) mass is 1260 g/mol. The first-order valence-corrected chi connectivity index (χ1v) is 28.1. The number of azide groups is 3. The predicted octanol–water partition coefficient (Wildman–Crippen LogP) is 12.2. The van der Waals surface area contributed by atoms with Crippen LogP contribution in [-0.2, 0) is 59.0 Å². The first-order valence-electron chi connectivity index (χ1n) is 28.1. The number of hydrogen-bond acceptors (Lipinski definition) is 17. The summed E-state index contributed by atoms with van der Waals surface area (Å²) in [5.41, 5.74) is 31.0. The summed E-state index contributed by atoms with van der Waals surface area (Å²) < 4.78 is 41.3. The van der Waals surface area contributed by atoms with Crippen LogP contribution in [0.25, 0.3) is 54.6 Å². The van der Waals surface area contributed by atoms with Crippen LogP contribution in [0.2, 0.25) is 0 Å². The molecule has 25 heteroatoms. The van der Waals surface area contributed by atoms with Gasteiger partial charge in [-0.3, -0.25) is 9.59 Å². The molecule has 0 fully saturated rings. The molecule has 0 saturated heterocycles. The summed E-state index contributed by atoms with van der Waals surface area (Å²) in [4.78, 5) is 66.2. The number of ether oxygens (including phenoxy) is 4. The van der Waals surface area contributed by atoms with Crippen molar-refractivity contribution in [2.24, 2.45) is 15.3 Å². The van der Waals surface area contributed by atoms with Crippen LogP contribution in [0, 0.1) is 0 Å². The maximum absolute atomic E-state index is 11.6. The number of aromatic nitrogens is 1. The molecular formula is C67H71N10NaO14. The topological polar surface area (TPSA) is 360 Å². The second-order valence-corrected chi connectivity index (χ2v) is 17.9. The predicted molar refractivity (Wildman–Crippen MR) is 340 cm³/mol. The molecule has 4 aromatic carbocycles. The summed E-state index contributed by atoms with van der Waals surface area (Å²) in [6.07, 6.45) is 6.20. The fourth-order valence-corrected chi connectivity index (χ4v) is 7.59. The Morgan fingerprint density at radius 3 is 1.21 bits per heavy atom. The molecule has 0 saturated carbocycles. The van der Waals surface area contributed by atoms with Crippen molar-refractivity contribution in [3.05, 3.63) is 281 Å². The van der Waals surface area contributed by atoms with Gasteiger partial charge in [-0.05, 0) is 115 Å². The van der Waals surface area contributed by atoms with Crippen molar-refractivity contribution >= 4 is 53.4 Å². The van der Waals surface area contributed by atoms with E-state index in [-0.39, 0.29) is 80.7 Å². The first kappa shape index (κ1) is 77.6. The normalized spacial score (nSPS) is 10.0. The number of nitrogens with zero attached hydrogens (tertiary/aromatic N) is 9. The molecule has 474 valence electrons.